The Bertz CT molecular complexity index is 857. The fourth-order valence-electron chi connectivity index (χ4n) is 2.39. The Morgan fingerprint density at radius 1 is 1.08 bits per heavy atom. The Balaban J connectivity index is 1.76. The maximum Gasteiger partial charge on any atom is 0.293 e. The zero-order chi connectivity index (χ0) is 17.8. The third kappa shape index (κ3) is 4.50. The molecule has 1 fully saturated rings. The van der Waals surface area contributed by atoms with Crippen molar-refractivity contribution in [3.63, 3.8) is 0 Å². The van der Waals surface area contributed by atoms with E-state index in [1.165, 1.54) is 4.90 Å². The summed E-state index contributed by atoms with van der Waals surface area (Å²) in [6, 6.07) is 17.6. The number of allylic oxidation sites excluding steroid dienone is 2. The van der Waals surface area contributed by atoms with Crippen LogP contribution in [0.4, 0.5) is 4.79 Å². The number of carbonyl (C=O) groups excluding carboxylic acids is 2. The molecule has 1 aliphatic heterocycles. The minimum absolute atomic E-state index is 0.239. The number of hydrogen-bond donors (Lipinski definition) is 0. The van der Waals surface area contributed by atoms with E-state index in [9.17, 15) is 9.59 Å². The van der Waals surface area contributed by atoms with Gasteiger partial charge in [-0.3, -0.25) is 14.5 Å². The summed E-state index contributed by atoms with van der Waals surface area (Å²) >= 11 is 4.43. The quantitative estimate of drug-likeness (QED) is 0.619. The summed E-state index contributed by atoms with van der Waals surface area (Å²) in [5.74, 6) is -0.256. The van der Waals surface area contributed by atoms with Gasteiger partial charge in [-0.2, -0.15) is 0 Å². The van der Waals surface area contributed by atoms with Crippen molar-refractivity contribution in [3.8, 4) is 0 Å². The minimum Gasteiger partial charge on any atom is -0.268 e. The summed E-state index contributed by atoms with van der Waals surface area (Å²) in [5, 5.41) is -0.239. The molecule has 1 saturated heterocycles. The van der Waals surface area contributed by atoms with Crippen LogP contribution in [0.15, 0.2) is 70.1 Å². The Morgan fingerprint density at radius 3 is 2.44 bits per heavy atom. The second kappa shape index (κ2) is 7.85. The van der Waals surface area contributed by atoms with E-state index in [-0.39, 0.29) is 11.1 Å². The van der Waals surface area contributed by atoms with Gasteiger partial charge in [0, 0.05) is 4.48 Å². The van der Waals surface area contributed by atoms with Crippen LogP contribution in [0.2, 0.25) is 0 Å². The highest BCUT2D eigenvalue weighted by molar-refractivity contribution is 9.12. The number of carbonyl (C=O) groups is 2. The summed E-state index contributed by atoms with van der Waals surface area (Å²) in [4.78, 5) is 26.5. The topological polar surface area (TPSA) is 37.4 Å². The summed E-state index contributed by atoms with van der Waals surface area (Å²) in [5.41, 5.74) is 3.10. The lowest BCUT2D eigenvalue weighted by molar-refractivity contribution is -0.123. The molecule has 0 aromatic heterocycles. The van der Waals surface area contributed by atoms with Gasteiger partial charge in [0.2, 0.25) is 0 Å². The molecule has 3 rings (SSSR count). The van der Waals surface area contributed by atoms with E-state index in [1.54, 1.807) is 6.08 Å². The molecule has 3 nitrogen and oxygen atoms in total. The number of halogens is 1. The summed E-state index contributed by atoms with van der Waals surface area (Å²) in [6.45, 7) is 2.30. The number of amides is 2. The standard InChI is InChI=1S/C20H16BrNO2S/c1-14-7-9-16(10-8-14)13-22-19(23)18(25-20(22)24)12-17(21)11-15-5-3-2-4-6-15/h2-12H,13H2,1H3/b17-11-,18-12-. The summed E-state index contributed by atoms with van der Waals surface area (Å²) < 4.78 is 0.750. The van der Waals surface area contributed by atoms with Gasteiger partial charge in [0.15, 0.2) is 0 Å². The molecule has 1 aliphatic rings. The van der Waals surface area contributed by atoms with Crippen molar-refractivity contribution in [1.82, 2.24) is 4.90 Å². The lowest BCUT2D eigenvalue weighted by Gasteiger charge is -2.12. The highest BCUT2D eigenvalue weighted by Gasteiger charge is 2.34. The molecule has 126 valence electrons. The monoisotopic (exact) mass is 413 g/mol. The first kappa shape index (κ1) is 17.7. The van der Waals surface area contributed by atoms with Crippen molar-refractivity contribution in [2.24, 2.45) is 0 Å². The number of thioether (sulfide) groups is 1. The van der Waals surface area contributed by atoms with E-state index in [4.69, 9.17) is 0 Å². The van der Waals surface area contributed by atoms with Crippen LogP contribution in [0.25, 0.3) is 6.08 Å². The van der Waals surface area contributed by atoms with Crippen molar-refractivity contribution in [2.45, 2.75) is 13.5 Å². The van der Waals surface area contributed by atoms with Crippen molar-refractivity contribution < 1.29 is 9.59 Å². The van der Waals surface area contributed by atoms with Crippen LogP contribution in [0, 0.1) is 6.92 Å². The van der Waals surface area contributed by atoms with Gasteiger partial charge in [-0.25, -0.2) is 0 Å². The molecule has 0 spiro atoms. The molecule has 5 heteroatoms. The average Bonchev–Trinajstić information content (AvgIpc) is 2.85. The first-order valence-corrected chi connectivity index (χ1v) is 9.37. The largest absolute Gasteiger partial charge is 0.293 e. The van der Waals surface area contributed by atoms with E-state index in [2.05, 4.69) is 15.9 Å². The fourth-order valence-corrected chi connectivity index (χ4v) is 3.86. The van der Waals surface area contributed by atoms with Crippen molar-refractivity contribution in [1.29, 1.82) is 0 Å². The molecule has 0 aliphatic carbocycles. The van der Waals surface area contributed by atoms with E-state index in [0.717, 1.165) is 32.9 Å². The predicted octanol–water partition coefficient (Wildman–Crippen LogP) is 5.51. The first-order valence-electron chi connectivity index (χ1n) is 7.76. The van der Waals surface area contributed by atoms with Crippen LogP contribution in [0.1, 0.15) is 16.7 Å². The van der Waals surface area contributed by atoms with Gasteiger partial charge in [-0.1, -0.05) is 76.1 Å². The third-order valence-electron chi connectivity index (χ3n) is 3.71. The normalized spacial score (nSPS) is 16.8. The summed E-state index contributed by atoms with van der Waals surface area (Å²) in [6.07, 6.45) is 3.61. The zero-order valence-corrected chi connectivity index (χ0v) is 16.0. The highest BCUT2D eigenvalue weighted by Crippen LogP contribution is 2.33. The van der Waals surface area contributed by atoms with Crippen LogP contribution in [0.3, 0.4) is 0 Å². The molecule has 2 amide bonds. The maximum absolute atomic E-state index is 12.5. The highest BCUT2D eigenvalue weighted by atomic mass is 79.9. The van der Waals surface area contributed by atoms with E-state index in [0.29, 0.717) is 11.4 Å². The second-order valence-corrected chi connectivity index (χ2v) is 7.60. The summed E-state index contributed by atoms with van der Waals surface area (Å²) in [7, 11) is 0. The molecule has 0 unspecified atom stereocenters. The third-order valence-corrected chi connectivity index (χ3v) is 5.07. The van der Waals surface area contributed by atoms with Crippen LogP contribution < -0.4 is 0 Å². The Hall–Kier alpha value is -2.11. The van der Waals surface area contributed by atoms with Gasteiger partial charge in [-0.05, 0) is 42.0 Å². The molecule has 0 saturated carbocycles. The van der Waals surface area contributed by atoms with E-state index >= 15 is 0 Å². The van der Waals surface area contributed by atoms with Crippen LogP contribution in [-0.2, 0) is 11.3 Å². The molecule has 0 atom stereocenters. The van der Waals surface area contributed by atoms with Crippen molar-refractivity contribution >= 4 is 44.9 Å². The number of benzene rings is 2. The Kier molecular flexibility index (Phi) is 5.56. The van der Waals surface area contributed by atoms with Crippen molar-refractivity contribution in [3.05, 3.63) is 86.8 Å². The molecule has 0 N–H and O–H groups in total. The minimum atomic E-state index is -0.256. The molecule has 0 radical (unpaired) electrons. The smallest absolute Gasteiger partial charge is 0.268 e. The molecular weight excluding hydrogens is 398 g/mol. The molecule has 0 bridgehead atoms. The lowest BCUT2D eigenvalue weighted by atomic mass is 10.1. The molecular formula is C20H16BrNO2S. The molecule has 2 aromatic rings. The number of nitrogens with zero attached hydrogens (tertiary/aromatic N) is 1. The van der Waals surface area contributed by atoms with Gasteiger partial charge in [0.05, 0.1) is 11.4 Å². The van der Waals surface area contributed by atoms with Crippen LogP contribution >= 0.6 is 27.7 Å². The Morgan fingerprint density at radius 2 is 1.76 bits per heavy atom. The van der Waals surface area contributed by atoms with E-state index < -0.39 is 0 Å². The number of aryl methyl sites for hydroxylation is 1. The van der Waals surface area contributed by atoms with Gasteiger partial charge in [-0.15, -0.1) is 0 Å². The van der Waals surface area contributed by atoms with Crippen LogP contribution in [-0.4, -0.2) is 16.0 Å². The number of hydrogen-bond acceptors (Lipinski definition) is 3. The van der Waals surface area contributed by atoms with Gasteiger partial charge < -0.3 is 0 Å². The van der Waals surface area contributed by atoms with Gasteiger partial charge >= 0.3 is 0 Å². The SMILES string of the molecule is Cc1ccc(CN2C(=O)S/C(=C\C(Br)=C\c3ccccc3)C2=O)cc1. The molecule has 25 heavy (non-hydrogen) atoms. The van der Waals surface area contributed by atoms with Gasteiger partial charge in [0.1, 0.15) is 0 Å². The van der Waals surface area contributed by atoms with Gasteiger partial charge in [0.25, 0.3) is 11.1 Å². The molecule has 2 aromatic carbocycles. The average molecular weight is 414 g/mol. The number of imide groups is 1. The predicted molar refractivity (Wildman–Crippen MR) is 106 cm³/mol. The second-order valence-electron chi connectivity index (χ2n) is 5.69. The lowest BCUT2D eigenvalue weighted by Crippen LogP contribution is -2.27. The van der Waals surface area contributed by atoms with Crippen molar-refractivity contribution in [2.75, 3.05) is 0 Å². The first-order chi connectivity index (χ1) is 12.0. The number of rotatable bonds is 4. The van der Waals surface area contributed by atoms with E-state index in [1.807, 2.05) is 67.6 Å². The Labute approximate surface area is 159 Å². The zero-order valence-electron chi connectivity index (χ0n) is 13.6. The van der Waals surface area contributed by atoms with Crippen LogP contribution in [0.5, 0.6) is 0 Å². The fraction of sp³-hybridized carbons (Fsp3) is 0.100. The maximum atomic E-state index is 12.5. The molecule has 1 heterocycles.